The summed E-state index contributed by atoms with van der Waals surface area (Å²) in [4.78, 5) is 20.5. The van der Waals surface area contributed by atoms with Crippen molar-refractivity contribution in [3.05, 3.63) is 64.5 Å². The van der Waals surface area contributed by atoms with Gasteiger partial charge in [0.2, 0.25) is 5.88 Å². The molecule has 1 aliphatic heterocycles. The Morgan fingerprint density at radius 2 is 2.07 bits per heavy atom. The molecule has 1 aliphatic rings. The van der Waals surface area contributed by atoms with Gasteiger partial charge in [-0.2, -0.15) is 0 Å². The first kappa shape index (κ1) is 17.1. The molecular formula is C20H14ClN3O3. The van der Waals surface area contributed by atoms with Gasteiger partial charge in [0.25, 0.3) is 0 Å². The second kappa shape index (κ2) is 6.74. The van der Waals surface area contributed by atoms with Crippen molar-refractivity contribution in [3.8, 4) is 5.75 Å². The first-order valence-corrected chi connectivity index (χ1v) is 8.52. The molecule has 7 heteroatoms. The van der Waals surface area contributed by atoms with Gasteiger partial charge in [-0.1, -0.05) is 23.7 Å². The molecule has 0 unspecified atom stereocenters. The number of pyridine rings is 1. The standard InChI is InChI=1S/C20H14ClN3O3/c1-11(25)17-18(26)16(9-12-10-23-19-13(12)5-4-8-22-19)27-20(17)24-15-7-3-2-6-14(15)21/h2-10,24,26H,1H3. The topological polar surface area (TPSA) is 87.7 Å². The van der Waals surface area contributed by atoms with E-state index in [4.69, 9.17) is 16.0 Å². The second-order valence-electron chi connectivity index (χ2n) is 5.91. The molecule has 0 radical (unpaired) electrons. The number of hydrogen-bond acceptors (Lipinski definition) is 6. The van der Waals surface area contributed by atoms with E-state index >= 15 is 0 Å². The first-order chi connectivity index (χ1) is 13.0. The predicted molar refractivity (Wildman–Crippen MR) is 105 cm³/mol. The van der Waals surface area contributed by atoms with Gasteiger partial charge in [0.1, 0.15) is 5.56 Å². The minimum atomic E-state index is -0.336. The zero-order valence-electron chi connectivity index (χ0n) is 14.2. The van der Waals surface area contributed by atoms with Crippen molar-refractivity contribution in [1.29, 1.82) is 0 Å². The lowest BCUT2D eigenvalue weighted by Crippen LogP contribution is -1.97. The van der Waals surface area contributed by atoms with Gasteiger partial charge in [-0.05, 0) is 37.3 Å². The number of aromatic nitrogens is 1. The molecule has 0 amide bonds. The second-order valence-corrected chi connectivity index (χ2v) is 6.32. The Morgan fingerprint density at radius 3 is 2.85 bits per heavy atom. The fourth-order valence-electron chi connectivity index (χ4n) is 2.82. The number of carbonyl (C=O) groups is 1. The third-order valence-corrected chi connectivity index (χ3v) is 4.42. The number of Topliss-reactive ketones (excluding diaryl/α,β-unsaturated/α-hetero) is 1. The highest BCUT2D eigenvalue weighted by molar-refractivity contribution is 6.33. The number of rotatable bonds is 4. The van der Waals surface area contributed by atoms with Crippen LogP contribution in [0.3, 0.4) is 0 Å². The number of ketones is 1. The largest absolute Gasteiger partial charge is 0.504 e. The third-order valence-electron chi connectivity index (χ3n) is 4.09. The van der Waals surface area contributed by atoms with Crippen LogP contribution in [0.4, 0.5) is 17.4 Å². The van der Waals surface area contributed by atoms with Gasteiger partial charge in [0, 0.05) is 23.5 Å². The maximum Gasteiger partial charge on any atom is 0.212 e. The molecule has 2 aromatic heterocycles. The summed E-state index contributed by atoms with van der Waals surface area (Å²) in [6, 6.07) is 10.7. The van der Waals surface area contributed by atoms with E-state index in [1.54, 1.807) is 48.8 Å². The average molecular weight is 380 g/mol. The summed E-state index contributed by atoms with van der Waals surface area (Å²) in [6.07, 6.45) is 4.91. The van der Waals surface area contributed by atoms with Crippen molar-refractivity contribution in [1.82, 2.24) is 4.98 Å². The number of carbonyl (C=O) groups excluding carboxylic acids is 1. The monoisotopic (exact) mass is 379 g/mol. The van der Waals surface area contributed by atoms with E-state index in [9.17, 15) is 9.90 Å². The summed E-state index contributed by atoms with van der Waals surface area (Å²) < 4.78 is 5.74. The van der Waals surface area contributed by atoms with Gasteiger partial charge < -0.3 is 14.8 Å². The number of benzene rings is 1. The molecular weight excluding hydrogens is 366 g/mol. The maximum atomic E-state index is 12.1. The highest BCUT2D eigenvalue weighted by atomic mass is 35.5. The highest BCUT2D eigenvalue weighted by Gasteiger charge is 2.24. The number of halogens is 1. The lowest BCUT2D eigenvalue weighted by Gasteiger charge is -2.06. The normalized spacial score (nSPS) is 13.8. The Balaban J connectivity index is 1.78. The van der Waals surface area contributed by atoms with Crippen LogP contribution in [0.2, 0.25) is 5.02 Å². The number of nitrogens with one attached hydrogen (secondary N) is 1. The summed E-state index contributed by atoms with van der Waals surface area (Å²) in [5.41, 5.74) is 2.16. The molecule has 0 saturated carbocycles. The summed E-state index contributed by atoms with van der Waals surface area (Å²) in [5, 5.41) is 14.0. The van der Waals surface area contributed by atoms with Gasteiger partial charge in [-0.3, -0.25) is 4.79 Å². The van der Waals surface area contributed by atoms with Crippen LogP contribution in [-0.4, -0.2) is 22.1 Å². The van der Waals surface area contributed by atoms with Crippen molar-refractivity contribution in [2.75, 3.05) is 5.32 Å². The van der Waals surface area contributed by atoms with Gasteiger partial charge >= 0.3 is 0 Å². The fourth-order valence-corrected chi connectivity index (χ4v) is 3.00. The zero-order valence-corrected chi connectivity index (χ0v) is 15.0. The number of aromatic hydroxyl groups is 1. The van der Waals surface area contributed by atoms with E-state index in [1.165, 1.54) is 6.92 Å². The van der Waals surface area contributed by atoms with Gasteiger partial charge in [0.15, 0.2) is 23.1 Å². The Labute approximate surface area is 159 Å². The van der Waals surface area contributed by atoms with Crippen molar-refractivity contribution >= 4 is 52.6 Å². The smallest absolute Gasteiger partial charge is 0.212 e. The number of allylic oxidation sites excluding steroid dienone is 1. The van der Waals surface area contributed by atoms with Crippen LogP contribution < -0.4 is 5.32 Å². The predicted octanol–water partition coefficient (Wildman–Crippen LogP) is 5.24. The maximum absolute atomic E-state index is 12.1. The number of furan rings is 1. The van der Waals surface area contributed by atoms with E-state index in [2.05, 4.69) is 15.3 Å². The Bertz CT molecular complexity index is 1120. The number of anilines is 2. The van der Waals surface area contributed by atoms with Crippen LogP contribution in [-0.2, 0) is 0 Å². The van der Waals surface area contributed by atoms with Crippen molar-refractivity contribution in [2.45, 2.75) is 6.92 Å². The molecule has 0 fully saturated rings. The molecule has 0 bridgehead atoms. The van der Waals surface area contributed by atoms with E-state index < -0.39 is 0 Å². The Hall–Kier alpha value is -3.38. The number of hydrogen-bond donors (Lipinski definition) is 2. The number of aliphatic imine (C=N–C) groups is 1. The van der Waals surface area contributed by atoms with E-state index in [0.717, 1.165) is 11.1 Å². The van der Waals surface area contributed by atoms with Gasteiger partial charge in [-0.25, -0.2) is 9.98 Å². The molecule has 0 saturated heterocycles. The number of fused-ring (bicyclic) bond motifs is 1. The molecule has 0 spiro atoms. The highest BCUT2D eigenvalue weighted by Crippen LogP contribution is 2.39. The molecule has 6 nitrogen and oxygen atoms in total. The van der Waals surface area contributed by atoms with Crippen LogP contribution in [0.25, 0.3) is 11.6 Å². The summed E-state index contributed by atoms with van der Waals surface area (Å²) in [5.74, 6) is 0.290. The molecule has 2 N–H and O–H groups in total. The van der Waals surface area contributed by atoms with Crippen LogP contribution in [0.5, 0.6) is 5.75 Å². The zero-order chi connectivity index (χ0) is 19.0. The molecule has 1 aromatic carbocycles. The molecule has 3 aromatic rings. The first-order valence-electron chi connectivity index (χ1n) is 8.14. The number of nitrogens with zero attached hydrogens (tertiary/aromatic N) is 2. The van der Waals surface area contributed by atoms with Crippen LogP contribution in [0, 0.1) is 0 Å². The molecule has 0 atom stereocenters. The van der Waals surface area contributed by atoms with Crippen LogP contribution in [0.1, 0.15) is 28.6 Å². The van der Waals surface area contributed by atoms with Crippen LogP contribution >= 0.6 is 11.6 Å². The molecule has 0 aliphatic carbocycles. The minimum Gasteiger partial charge on any atom is -0.504 e. The lowest BCUT2D eigenvalue weighted by atomic mass is 10.1. The van der Waals surface area contributed by atoms with E-state index in [1.807, 2.05) is 6.07 Å². The van der Waals surface area contributed by atoms with Gasteiger partial charge in [-0.15, -0.1) is 0 Å². The van der Waals surface area contributed by atoms with E-state index in [0.29, 0.717) is 16.5 Å². The molecule has 3 heterocycles. The van der Waals surface area contributed by atoms with E-state index in [-0.39, 0.29) is 28.7 Å². The molecule has 4 rings (SSSR count). The van der Waals surface area contributed by atoms with Crippen molar-refractivity contribution in [3.63, 3.8) is 0 Å². The average Bonchev–Trinajstić information content (AvgIpc) is 3.19. The Morgan fingerprint density at radius 1 is 1.26 bits per heavy atom. The fraction of sp³-hybridized carbons (Fsp3) is 0.0500. The minimum absolute atomic E-state index is 0.0584. The lowest BCUT2D eigenvalue weighted by molar-refractivity contribution is 0.101. The molecule has 27 heavy (non-hydrogen) atoms. The van der Waals surface area contributed by atoms with Crippen molar-refractivity contribution < 1.29 is 14.3 Å². The molecule has 134 valence electrons. The quantitative estimate of drug-likeness (QED) is 0.605. The van der Waals surface area contributed by atoms with Gasteiger partial charge in [0.05, 0.1) is 10.7 Å². The third kappa shape index (κ3) is 3.11. The number of para-hydroxylation sites is 1. The summed E-state index contributed by atoms with van der Waals surface area (Å²) in [6.45, 7) is 1.36. The van der Waals surface area contributed by atoms with Crippen LogP contribution in [0.15, 0.2) is 52.0 Å². The Kier molecular flexibility index (Phi) is 4.25. The summed E-state index contributed by atoms with van der Waals surface area (Å²) >= 11 is 6.16. The summed E-state index contributed by atoms with van der Waals surface area (Å²) in [7, 11) is 0. The SMILES string of the molecule is CC(=O)c1c(Nc2ccccc2Cl)oc(C=C2C=Nc3ncccc32)c1O. The van der Waals surface area contributed by atoms with Crippen molar-refractivity contribution in [2.24, 2.45) is 4.99 Å².